The Kier molecular flexibility index (Phi) is 1.92. The summed E-state index contributed by atoms with van der Waals surface area (Å²) in [7, 11) is 0. The first-order valence-electron chi connectivity index (χ1n) is 4.93. The van der Waals surface area contributed by atoms with Gasteiger partial charge in [0.05, 0.1) is 0 Å². The Labute approximate surface area is 80.0 Å². The molecule has 0 spiro atoms. The van der Waals surface area contributed by atoms with Gasteiger partial charge in [0, 0.05) is 0 Å². The third-order valence-electron chi connectivity index (χ3n) is 3.46. The predicted octanol–water partition coefficient (Wildman–Crippen LogP) is 2.38. The Balaban J connectivity index is 2.22. The van der Waals surface area contributed by atoms with Crippen LogP contribution in [-0.4, -0.2) is 6.54 Å². The average Bonchev–Trinajstić information content (AvgIpc) is 2.69. The number of nitrogens with two attached hydrogens (primary N) is 1. The van der Waals surface area contributed by atoms with Crippen molar-refractivity contribution < 1.29 is 0 Å². The van der Waals surface area contributed by atoms with E-state index in [4.69, 9.17) is 5.73 Å². The van der Waals surface area contributed by atoms with Crippen molar-refractivity contribution in [2.75, 3.05) is 6.54 Å². The fourth-order valence-corrected chi connectivity index (χ4v) is 2.51. The monoisotopic (exact) mass is 175 g/mol. The van der Waals surface area contributed by atoms with E-state index in [9.17, 15) is 0 Å². The lowest BCUT2D eigenvalue weighted by Gasteiger charge is -2.01. The molecule has 1 saturated carbocycles. The summed E-state index contributed by atoms with van der Waals surface area (Å²) in [6, 6.07) is 10.7. The van der Waals surface area contributed by atoms with Gasteiger partial charge in [-0.05, 0) is 29.4 Å². The molecule has 2 N–H and O–H groups in total. The Morgan fingerprint density at radius 2 is 1.85 bits per heavy atom. The summed E-state index contributed by atoms with van der Waals surface area (Å²) in [5.41, 5.74) is 7.60. The molecule has 2 atom stereocenters. The van der Waals surface area contributed by atoms with Crippen LogP contribution in [0.15, 0.2) is 30.3 Å². The minimum atomic E-state index is 0.413. The van der Waals surface area contributed by atoms with Crippen LogP contribution in [0.2, 0.25) is 0 Å². The topological polar surface area (TPSA) is 26.0 Å². The van der Waals surface area contributed by atoms with Gasteiger partial charge in [-0.15, -0.1) is 0 Å². The second-order valence-corrected chi connectivity index (χ2v) is 4.55. The SMILES string of the molecule is CC1(C)C(CN)C1c1ccccc1. The molecule has 0 bridgehead atoms. The van der Waals surface area contributed by atoms with Gasteiger partial charge in [0.1, 0.15) is 0 Å². The molecule has 1 aromatic rings. The summed E-state index contributed by atoms with van der Waals surface area (Å²) in [6.07, 6.45) is 0. The van der Waals surface area contributed by atoms with Gasteiger partial charge in [-0.1, -0.05) is 44.2 Å². The molecule has 0 saturated heterocycles. The van der Waals surface area contributed by atoms with Gasteiger partial charge < -0.3 is 5.73 Å². The van der Waals surface area contributed by atoms with E-state index in [0.29, 0.717) is 17.3 Å². The highest BCUT2D eigenvalue weighted by molar-refractivity contribution is 5.31. The second-order valence-electron chi connectivity index (χ2n) is 4.55. The van der Waals surface area contributed by atoms with E-state index in [1.54, 1.807) is 0 Å². The van der Waals surface area contributed by atoms with Crippen LogP contribution in [0.25, 0.3) is 0 Å². The van der Waals surface area contributed by atoms with Crippen molar-refractivity contribution in [2.45, 2.75) is 19.8 Å². The second kappa shape index (κ2) is 2.85. The Hall–Kier alpha value is -0.820. The molecule has 1 heteroatoms. The standard InChI is InChI=1S/C12H17N/c1-12(2)10(8-13)11(12)9-6-4-3-5-7-9/h3-7,10-11H,8,13H2,1-2H3. The quantitative estimate of drug-likeness (QED) is 0.733. The highest BCUT2D eigenvalue weighted by Gasteiger charge is 2.56. The van der Waals surface area contributed by atoms with E-state index >= 15 is 0 Å². The molecule has 0 aliphatic heterocycles. The lowest BCUT2D eigenvalue weighted by Crippen LogP contribution is -2.05. The van der Waals surface area contributed by atoms with Crippen molar-refractivity contribution in [1.82, 2.24) is 0 Å². The zero-order valence-electron chi connectivity index (χ0n) is 8.33. The third-order valence-corrected chi connectivity index (χ3v) is 3.46. The van der Waals surface area contributed by atoms with Gasteiger partial charge in [-0.25, -0.2) is 0 Å². The minimum absolute atomic E-state index is 0.413. The summed E-state index contributed by atoms with van der Waals surface area (Å²) < 4.78 is 0. The molecule has 70 valence electrons. The number of benzene rings is 1. The van der Waals surface area contributed by atoms with E-state index in [1.165, 1.54) is 5.56 Å². The van der Waals surface area contributed by atoms with Gasteiger partial charge in [-0.3, -0.25) is 0 Å². The molecule has 2 rings (SSSR count). The molecule has 0 aromatic heterocycles. The first kappa shape index (κ1) is 8.76. The molecular formula is C12H17N. The van der Waals surface area contributed by atoms with Crippen LogP contribution in [0, 0.1) is 11.3 Å². The number of hydrogen-bond acceptors (Lipinski definition) is 1. The number of rotatable bonds is 2. The Bertz CT molecular complexity index is 289. The summed E-state index contributed by atoms with van der Waals surface area (Å²) in [5, 5.41) is 0. The largest absolute Gasteiger partial charge is 0.330 e. The van der Waals surface area contributed by atoms with Crippen molar-refractivity contribution in [3.8, 4) is 0 Å². The van der Waals surface area contributed by atoms with Gasteiger partial charge in [0.15, 0.2) is 0 Å². The summed E-state index contributed by atoms with van der Waals surface area (Å²) in [5.74, 6) is 1.36. The zero-order chi connectivity index (χ0) is 9.47. The Morgan fingerprint density at radius 1 is 1.23 bits per heavy atom. The lowest BCUT2D eigenvalue weighted by atomic mass is 10.0. The maximum Gasteiger partial charge on any atom is -0.00375 e. The van der Waals surface area contributed by atoms with Crippen molar-refractivity contribution in [1.29, 1.82) is 0 Å². The molecule has 1 aliphatic carbocycles. The summed E-state index contributed by atoms with van der Waals surface area (Å²) >= 11 is 0. The fraction of sp³-hybridized carbons (Fsp3) is 0.500. The van der Waals surface area contributed by atoms with E-state index in [0.717, 1.165) is 6.54 Å². The van der Waals surface area contributed by atoms with Gasteiger partial charge in [0.25, 0.3) is 0 Å². The smallest absolute Gasteiger partial charge is 0.00375 e. The molecular weight excluding hydrogens is 158 g/mol. The lowest BCUT2D eigenvalue weighted by molar-refractivity contribution is 0.558. The molecule has 13 heavy (non-hydrogen) atoms. The molecule has 0 radical (unpaired) electrons. The Morgan fingerprint density at radius 3 is 2.31 bits per heavy atom. The summed E-state index contributed by atoms with van der Waals surface area (Å²) in [4.78, 5) is 0. The summed E-state index contributed by atoms with van der Waals surface area (Å²) in [6.45, 7) is 5.43. The first-order chi connectivity index (χ1) is 6.18. The van der Waals surface area contributed by atoms with Crippen molar-refractivity contribution in [3.05, 3.63) is 35.9 Å². The minimum Gasteiger partial charge on any atom is -0.330 e. The van der Waals surface area contributed by atoms with Crippen molar-refractivity contribution in [3.63, 3.8) is 0 Å². The van der Waals surface area contributed by atoms with Crippen LogP contribution in [0.1, 0.15) is 25.3 Å². The third kappa shape index (κ3) is 1.28. The van der Waals surface area contributed by atoms with Crippen LogP contribution in [0.4, 0.5) is 0 Å². The maximum absolute atomic E-state index is 5.74. The van der Waals surface area contributed by atoms with E-state index in [2.05, 4.69) is 44.2 Å². The van der Waals surface area contributed by atoms with Crippen molar-refractivity contribution in [2.24, 2.45) is 17.1 Å². The molecule has 1 aromatic carbocycles. The van der Waals surface area contributed by atoms with Crippen LogP contribution in [-0.2, 0) is 0 Å². The van der Waals surface area contributed by atoms with Gasteiger partial charge >= 0.3 is 0 Å². The average molecular weight is 175 g/mol. The van der Waals surface area contributed by atoms with E-state index < -0.39 is 0 Å². The van der Waals surface area contributed by atoms with Crippen LogP contribution >= 0.6 is 0 Å². The molecule has 0 amide bonds. The highest BCUT2D eigenvalue weighted by atomic mass is 14.7. The first-order valence-corrected chi connectivity index (χ1v) is 4.93. The van der Waals surface area contributed by atoms with Crippen LogP contribution in [0.3, 0.4) is 0 Å². The normalized spacial score (nSPS) is 30.1. The van der Waals surface area contributed by atoms with Crippen LogP contribution in [0.5, 0.6) is 0 Å². The maximum atomic E-state index is 5.74. The highest BCUT2D eigenvalue weighted by Crippen LogP contribution is 2.63. The molecule has 0 heterocycles. The predicted molar refractivity (Wildman–Crippen MR) is 55.5 cm³/mol. The van der Waals surface area contributed by atoms with E-state index in [-0.39, 0.29) is 0 Å². The number of hydrogen-bond donors (Lipinski definition) is 1. The van der Waals surface area contributed by atoms with Gasteiger partial charge in [-0.2, -0.15) is 0 Å². The zero-order valence-corrected chi connectivity index (χ0v) is 8.33. The van der Waals surface area contributed by atoms with E-state index in [1.807, 2.05) is 0 Å². The molecule has 1 nitrogen and oxygen atoms in total. The van der Waals surface area contributed by atoms with Crippen molar-refractivity contribution >= 4 is 0 Å². The molecule has 2 unspecified atom stereocenters. The molecule has 1 fully saturated rings. The van der Waals surface area contributed by atoms with Crippen LogP contribution < -0.4 is 5.73 Å². The molecule has 1 aliphatic rings. The fourth-order valence-electron chi connectivity index (χ4n) is 2.51. The van der Waals surface area contributed by atoms with Gasteiger partial charge in [0.2, 0.25) is 0 Å².